The number of thioether (sulfide) groups is 1. The minimum atomic E-state index is -0.223. The first-order valence-electron chi connectivity index (χ1n) is 8.22. The first kappa shape index (κ1) is 20.0. The minimum Gasteiger partial charge on any atom is -0.495 e. The summed E-state index contributed by atoms with van der Waals surface area (Å²) in [5.74, 6) is 1.01. The summed E-state index contributed by atoms with van der Waals surface area (Å²) in [6.07, 6.45) is 0. The van der Waals surface area contributed by atoms with Crippen molar-refractivity contribution in [2.75, 3.05) is 25.3 Å². The van der Waals surface area contributed by atoms with Crippen molar-refractivity contribution in [3.8, 4) is 17.2 Å². The van der Waals surface area contributed by atoms with Crippen LogP contribution in [-0.4, -0.2) is 46.1 Å². The van der Waals surface area contributed by atoms with E-state index >= 15 is 0 Å². The number of para-hydroxylation sites is 2. The predicted octanol–water partition coefficient (Wildman–Crippen LogP) is 3.37. The van der Waals surface area contributed by atoms with Crippen molar-refractivity contribution in [2.24, 2.45) is 0 Å². The fourth-order valence-corrected chi connectivity index (χ4v) is 3.31. The quantitative estimate of drug-likeness (QED) is 0.587. The van der Waals surface area contributed by atoms with Gasteiger partial charge in [0, 0.05) is 11.1 Å². The van der Waals surface area contributed by atoms with E-state index in [-0.39, 0.29) is 11.7 Å². The van der Waals surface area contributed by atoms with Gasteiger partial charge in [-0.1, -0.05) is 35.5 Å². The van der Waals surface area contributed by atoms with Gasteiger partial charge in [-0.05, 0) is 41.1 Å². The SMILES string of the molecule is COc1cc(Cl)c(C)cc1NC(=O)CSc1nnnn1-c1ccccc1OC. The van der Waals surface area contributed by atoms with Crippen LogP contribution in [0.1, 0.15) is 5.56 Å². The van der Waals surface area contributed by atoms with E-state index in [1.54, 1.807) is 19.2 Å². The van der Waals surface area contributed by atoms with Crippen molar-refractivity contribution in [3.63, 3.8) is 0 Å². The van der Waals surface area contributed by atoms with Crippen LogP contribution < -0.4 is 14.8 Å². The van der Waals surface area contributed by atoms with Crippen molar-refractivity contribution in [1.29, 1.82) is 0 Å². The van der Waals surface area contributed by atoms with Gasteiger partial charge < -0.3 is 14.8 Å². The summed E-state index contributed by atoms with van der Waals surface area (Å²) in [7, 11) is 3.09. The van der Waals surface area contributed by atoms with Crippen LogP contribution >= 0.6 is 23.4 Å². The summed E-state index contributed by atoms with van der Waals surface area (Å²) in [5.41, 5.74) is 2.08. The smallest absolute Gasteiger partial charge is 0.234 e. The molecular formula is C18H18ClN5O3S. The molecule has 1 N–H and O–H groups in total. The Hall–Kier alpha value is -2.78. The largest absolute Gasteiger partial charge is 0.495 e. The highest BCUT2D eigenvalue weighted by atomic mass is 35.5. The number of benzene rings is 2. The van der Waals surface area contributed by atoms with Gasteiger partial charge >= 0.3 is 0 Å². The van der Waals surface area contributed by atoms with E-state index < -0.39 is 0 Å². The average molecular weight is 420 g/mol. The molecule has 1 heterocycles. The normalized spacial score (nSPS) is 10.6. The molecule has 0 saturated carbocycles. The van der Waals surface area contributed by atoms with Gasteiger partial charge in [0.2, 0.25) is 11.1 Å². The topological polar surface area (TPSA) is 91.2 Å². The highest BCUT2D eigenvalue weighted by Gasteiger charge is 2.16. The Morgan fingerprint density at radius 1 is 1.21 bits per heavy atom. The maximum atomic E-state index is 12.4. The highest BCUT2D eigenvalue weighted by Crippen LogP contribution is 2.31. The Bertz CT molecular complexity index is 995. The van der Waals surface area contributed by atoms with E-state index in [2.05, 4.69) is 20.8 Å². The fourth-order valence-electron chi connectivity index (χ4n) is 2.47. The molecule has 0 atom stereocenters. The van der Waals surface area contributed by atoms with Crippen LogP contribution in [0.4, 0.5) is 5.69 Å². The Labute approximate surface area is 171 Å². The minimum absolute atomic E-state index is 0.111. The van der Waals surface area contributed by atoms with Crippen molar-refractivity contribution in [2.45, 2.75) is 12.1 Å². The predicted molar refractivity (Wildman–Crippen MR) is 108 cm³/mol. The molecule has 0 aliphatic heterocycles. The molecule has 28 heavy (non-hydrogen) atoms. The van der Waals surface area contributed by atoms with Crippen LogP contribution in [0.2, 0.25) is 5.02 Å². The Morgan fingerprint density at radius 3 is 2.71 bits per heavy atom. The number of aromatic nitrogens is 4. The number of rotatable bonds is 7. The zero-order valence-corrected chi connectivity index (χ0v) is 17.0. The van der Waals surface area contributed by atoms with Crippen LogP contribution in [0.5, 0.6) is 11.5 Å². The first-order chi connectivity index (χ1) is 13.5. The number of hydrogen-bond acceptors (Lipinski definition) is 7. The van der Waals surface area contributed by atoms with Gasteiger partial charge in [-0.2, -0.15) is 4.68 Å². The molecule has 3 aromatic rings. The zero-order valence-electron chi connectivity index (χ0n) is 15.5. The van der Waals surface area contributed by atoms with Gasteiger partial charge in [-0.15, -0.1) is 5.10 Å². The maximum Gasteiger partial charge on any atom is 0.234 e. The fraction of sp³-hybridized carbons (Fsp3) is 0.222. The molecule has 10 heteroatoms. The molecule has 8 nitrogen and oxygen atoms in total. The number of methoxy groups -OCH3 is 2. The highest BCUT2D eigenvalue weighted by molar-refractivity contribution is 7.99. The molecule has 0 spiro atoms. The number of amides is 1. The maximum absolute atomic E-state index is 12.4. The second kappa shape index (κ2) is 8.94. The Kier molecular flexibility index (Phi) is 6.37. The second-order valence-electron chi connectivity index (χ2n) is 5.68. The van der Waals surface area contributed by atoms with Crippen LogP contribution in [0, 0.1) is 6.92 Å². The van der Waals surface area contributed by atoms with Crippen LogP contribution in [0.25, 0.3) is 5.69 Å². The van der Waals surface area contributed by atoms with E-state index in [1.807, 2.05) is 31.2 Å². The molecule has 0 radical (unpaired) electrons. The van der Waals surface area contributed by atoms with Gasteiger partial charge in [-0.3, -0.25) is 4.79 Å². The lowest BCUT2D eigenvalue weighted by atomic mass is 10.2. The van der Waals surface area contributed by atoms with Gasteiger partial charge in [0.05, 0.1) is 25.7 Å². The lowest BCUT2D eigenvalue weighted by molar-refractivity contribution is -0.113. The monoisotopic (exact) mass is 419 g/mol. The third kappa shape index (κ3) is 4.37. The van der Waals surface area contributed by atoms with E-state index in [0.717, 1.165) is 5.56 Å². The van der Waals surface area contributed by atoms with E-state index in [9.17, 15) is 4.79 Å². The molecule has 3 rings (SSSR count). The summed E-state index contributed by atoms with van der Waals surface area (Å²) < 4.78 is 12.2. The Balaban J connectivity index is 1.72. The van der Waals surface area contributed by atoms with E-state index in [1.165, 1.54) is 23.6 Å². The molecule has 1 aromatic heterocycles. The van der Waals surface area contributed by atoms with Gasteiger partial charge in [-0.25, -0.2) is 0 Å². The van der Waals surface area contributed by atoms with Crippen molar-refractivity contribution in [1.82, 2.24) is 20.2 Å². The van der Waals surface area contributed by atoms with Gasteiger partial charge in [0.25, 0.3) is 0 Å². The molecular weight excluding hydrogens is 402 g/mol. The molecule has 0 bridgehead atoms. The zero-order chi connectivity index (χ0) is 20.1. The Morgan fingerprint density at radius 2 is 1.96 bits per heavy atom. The summed E-state index contributed by atoms with van der Waals surface area (Å²) >= 11 is 7.31. The van der Waals surface area contributed by atoms with E-state index in [0.29, 0.717) is 33.1 Å². The molecule has 0 fully saturated rings. The number of nitrogens with zero attached hydrogens (tertiary/aromatic N) is 4. The standard InChI is InChI=1S/C18H18ClN5O3S/c1-11-8-13(16(27-3)9-12(11)19)20-17(25)10-28-18-21-22-23-24(18)14-6-4-5-7-15(14)26-2/h4-9H,10H2,1-3H3,(H,20,25). The van der Waals surface area contributed by atoms with Crippen LogP contribution in [-0.2, 0) is 4.79 Å². The number of ether oxygens (including phenoxy) is 2. The molecule has 1 amide bonds. The van der Waals surface area contributed by atoms with Crippen molar-refractivity contribution < 1.29 is 14.3 Å². The molecule has 0 aliphatic rings. The summed E-state index contributed by atoms with van der Waals surface area (Å²) in [6.45, 7) is 1.85. The lowest BCUT2D eigenvalue weighted by Crippen LogP contribution is -2.15. The number of hydrogen-bond donors (Lipinski definition) is 1. The summed E-state index contributed by atoms with van der Waals surface area (Å²) in [6, 6.07) is 10.8. The molecule has 2 aromatic carbocycles. The second-order valence-corrected chi connectivity index (χ2v) is 7.03. The first-order valence-corrected chi connectivity index (χ1v) is 9.58. The number of carbonyl (C=O) groups is 1. The number of nitrogens with one attached hydrogen (secondary N) is 1. The van der Waals surface area contributed by atoms with Gasteiger partial charge in [0.1, 0.15) is 17.2 Å². The number of aryl methyl sites for hydroxylation is 1. The summed E-state index contributed by atoms with van der Waals surface area (Å²) in [4.78, 5) is 12.4. The summed E-state index contributed by atoms with van der Waals surface area (Å²) in [5, 5.41) is 15.6. The lowest BCUT2D eigenvalue weighted by Gasteiger charge is -2.12. The van der Waals surface area contributed by atoms with E-state index in [4.69, 9.17) is 21.1 Å². The van der Waals surface area contributed by atoms with Crippen LogP contribution in [0.15, 0.2) is 41.6 Å². The number of carbonyl (C=O) groups excluding carboxylic acids is 1. The number of tetrazole rings is 1. The molecule has 0 aliphatic carbocycles. The molecule has 0 saturated heterocycles. The third-order valence-corrected chi connectivity index (χ3v) is 5.17. The average Bonchev–Trinajstić information content (AvgIpc) is 3.17. The third-order valence-electron chi connectivity index (χ3n) is 3.84. The van der Waals surface area contributed by atoms with Crippen LogP contribution in [0.3, 0.4) is 0 Å². The van der Waals surface area contributed by atoms with Gasteiger partial charge in [0.15, 0.2) is 0 Å². The number of anilines is 1. The van der Waals surface area contributed by atoms with Crippen molar-refractivity contribution in [3.05, 3.63) is 47.0 Å². The molecule has 0 unspecified atom stereocenters. The van der Waals surface area contributed by atoms with Crippen molar-refractivity contribution >= 4 is 35.0 Å². The number of halogens is 1. The molecule has 146 valence electrons.